The third-order valence-electron chi connectivity index (χ3n) is 8.28. The number of carbonyl (C=O) groups is 3. The Morgan fingerprint density at radius 3 is 2.44 bits per heavy atom. The quantitative estimate of drug-likeness (QED) is 0.335. The number of rotatable bonds is 10. The fourth-order valence-electron chi connectivity index (χ4n) is 5.87. The molecule has 224 valence electrons. The number of amides is 4. The van der Waals surface area contributed by atoms with Crippen molar-refractivity contribution in [2.45, 2.75) is 51.4 Å². The van der Waals surface area contributed by atoms with Gasteiger partial charge in [0.25, 0.3) is 5.91 Å². The first-order chi connectivity index (χ1) is 21.0. The molecule has 1 fully saturated rings. The molecule has 0 aromatic heterocycles. The lowest BCUT2D eigenvalue weighted by atomic mass is 10.00. The molecule has 43 heavy (non-hydrogen) atoms. The first kappa shape index (κ1) is 30.0. The van der Waals surface area contributed by atoms with E-state index in [0.717, 1.165) is 53.7 Å². The van der Waals surface area contributed by atoms with Gasteiger partial charge in [-0.2, -0.15) is 0 Å². The highest BCUT2D eigenvalue weighted by atomic mass is 16.2. The van der Waals surface area contributed by atoms with Crippen molar-refractivity contribution in [2.75, 3.05) is 36.9 Å². The number of hydrogen-bond acceptors (Lipinski definition) is 5. The summed E-state index contributed by atoms with van der Waals surface area (Å²) in [6.07, 6.45) is 3.06. The Balaban J connectivity index is 1.30. The van der Waals surface area contributed by atoms with Crippen LogP contribution in [0.3, 0.4) is 0 Å². The highest BCUT2D eigenvalue weighted by molar-refractivity contribution is 6.20. The minimum absolute atomic E-state index is 0.225. The second-order valence-corrected chi connectivity index (χ2v) is 11.1. The molecule has 1 saturated heterocycles. The predicted molar refractivity (Wildman–Crippen MR) is 170 cm³/mol. The number of anilines is 2. The lowest BCUT2D eigenvalue weighted by Gasteiger charge is -2.37. The zero-order valence-corrected chi connectivity index (χ0v) is 24.9. The van der Waals surface area contributed by atoms with Crippen molar-refractivity contribution in [3.05, 3.63) is 95.6 Å². The number of unbranched alkanes of at least 4 members (excludes halogenated alkanes) is 1. The standard InChI is InChI=1S/C34H40N6O3/c1-3-4-20-40-30-17-11-9-15-28(30)31(25-12-6-5-7-13-25)36-32(33(40)42)37-34(43)39-21-18-27(19-22-39)38(2)23-26-14-8-10-16-29(26)35-24-41/h5-17,24,27,32H,3-4,18-23H2,1-2H3,(H,35,41)(H,37,43). The number of para-hydroxylation sites is 2. The van der Waals surface area contributed by atoms with Gasteiger partial charge in [0.1, 0.15) is 0 Å². The topological polar surface area (TPSA) is 97.4 Å². The molecule has 4 amide bonds. The molecule has 1 unspecified atom stereocenters. The molecule has 3 aromatic carbocycles. The van der Waals surface area contributed by atoms with Gasteiger partial charge in [-0.3, -0.25) is 14.5 Å². The normalized spacial score (nSPS) is 17.2. The Morgan fingerprint density at radius 2 is 1.70 bits per heavy atom. The number of likely N-dealkylation sites (tertiary alicyclic amines) is 1. The van der Waals surface area contributed by atoms with E-state index in [1.54, 1.807) is 9.80 Å². The largest absolute Gasteiger partial charge is 0.328 e. The molecular formula is C34H40N6O3. The second-order valence-electron chi connectivity index (χ2n) is 11.1. The van der Waals surface area contributed by atoms with E-state index in [4.69, 9.17) is 4.99 Å². The maximum absolute atomic E-state index is 14.0. The average Bonchev–Trinajstić information content (AvgIpc) is 3.15. The maximum atomic E-state index is 14.0. The maximum Gasteiger partial charge on any atom is 0.319 e. The highest BCUT2D eigenvalue weighted by Crippen LogP contribution is 2.29. The van der Waals surface area contributed by atoms with Crippen molar-refractivity contribution in [3.63, 3.8) is 0 Å². The molecule has 0 aliphatic carbocycles. The van der Waals surface area contributed by atoms with Crippen LogP contribution < -0.4 is 15.5 Å². The second kappa shape index (κ2) is 14.1. The minimum Gasteiger partial charge on any atom is -0.328 e. The summed E-state index contributed by atoms with van der Waals surface area (Å²) in [5.74, 6) is -0.225. The van der Waals surface area contributed by atoms with Crippen LogP contribution >= 0.6 is 0 Å². The first-order valence-electron chi connectivity index (χ1n) is 15.1. The van der Waals surface area contributed by atoms with E-state index in [-0.39, 0.29) is 18.0 Å². The summed E-state index contributed by atoms with van der Waals surface area (Å²) in [6, 6.07) is 25.4. The molecule has 0 radical (unpaired) electrons. The van der Waals surface area contributed by atoms with Gasteiger partial charge in [-0.1, -0.05) is 80.1 Å². The lowest BCUT2D eigenvalue weighted by Crippen LogP contribution is -2.54. The first-order valence-corrected chi connectivity index (χ1v) is 15.1. The van der Waals surface area contributed by atoms with Crippen LogP contribution in [0.2, 0.25) is 0 Å². The molecule has 0 bridgehead atoms. The third-order valence-corrected chi connectivity index (χ3v) is 8.28. The fraction of sp³-hybridized carbons (Fsp3) is 0.353. The van der Waals surface area contributed by atoms with Crippen molar-refractivity contribution in [3.8, 4) is 0 Å². The van der Waals surface area contributed by atoms with Crippen LogP contribution in [0.15, 0.2) is 83.9 Å². The molecular weight excluding hydrogens is 540 g/mol. The van der Waals surface area contributed by atoms with Gasteiger partial charge in [-0.15, -0.1) is 0 Å². The summed E-state index contributed by atoms with van der Waals surface area (Å²) in [6.45, 7) is 4.49. The van der Waals surface area contributed by atoms with Crippen LogP contribution in [0.1, 0.15) is 49.3 Å². The van der Waals surface area contributed by atoms with E-state index >= 15 is 0 Å². The Hall–Kier alpha value is -4.50. The highest BCUT2D eigenvalue weighted by Gasteiger charge is 2.34. The lowest BCUT2D eigenvalue weighted by molar-refractivity contribution is -0.120. The van der Waals surface area contributed by atoms with Crippen LogP contribution in [-0.2, 0) is 16.1 Å². The summed E-state index contributed by atoms with van der Waals surface area (Å²) in [7, 11) is 2.07. The number of nitrogens with one attached hydrogen (secondary N) is 2. The SMILES string of the molecule is CCCCN1C(=O)C(NC(=O)N2CCC(N(C)Cc3ccccc3NC=O)CC2)N=C(c2ccccc2)c2ccccc21. The molecule has 9 heteroatoms. The van der Waals surface area contributed by atoms with Gasteiger partial charge >= 0.3 is 6.03 Å². The van der Waals surface area contributed by atoms with Crippen LogP contribution in [0.5, 0.6) is 0 Å². The van der Waals surface area contributed by atoms with Gasteiger partial charge in [0.2, 0.25) is 12.6 Å². The Labute approximate surface area is 253 Å². The van der Waals surface area contributed by atoms with Crippen LogP contribution in [0.4, 0.5) is 16.2 Å². The Morgan fingerprint density at radius 1 is 1.00 bits per heavy atom. The van der Waals surface area contributed by atoms with Crippen molar-refractivity contribution in [2.24, 2.45) is 4.99 Å². The number of urea groups is 1. The molecule has 0 spiro atoms. The van der Waals surface area contributed by atoms with Crippen molar-refractivity contribution < 1.29 is 14.4 Å². The minimum atomic E-state index is -1.03. The number of benzene rings is 3. The summed E-state index contributed by atoms with van der Waals surface area (Å²) in [5.41, 5.74) is 5.13. The van der Waals surface area contributed by atoms with E-state index in [1.807, 2.05) is 78.9 Å². The van der Waals surface area contributed by atoms with Crippen molar-refractivity contribution in [1.82, 2.24) is 15.1 Å². The van der Waals surface area contributed by atoms with Gasteiger partial charge in [0, 0.05) is 49.0 Å². The summed E-state index contributed by atoms with van der Waals surface area (Å²) in [5, 5.41) is 5.75. The van der Waals surface area contributed by atoms with Crippen molar-refractivity contribution in [1.29, 1.82) is 0 Å². The Kier molecular flexibility index (Phi) is 9.84. The van der Waals surface area contributed by atoms with E-state index in [0.29, 0.717) is 38.3 Å². The number of piperidine rings is 1. The summed E-state index contributed by atoms with van der Waals surface area (Å²) < 4.78 is 0. The number of aliphatic imine (C=N–C) groups is 1. The van der Waals surface area contributed by atoms with Gasteiger partial charge in [-0.25, -0.2) is 9.79 Å². The smallest absolute Gasteiger partial charge is 0.319 e. The Bertz CT molecular complexity index is 1450. The van der Waals surface area contributed by atoms with Gasteiger partial charge in [-0.05, 0) is 44.0 Å². The average molecular weight is 581 g/mol. The van der Waals surface area contributed by atoms with Crippen molar-refractivity contribution >= 4 is 35.4 Å². The fourth-order valence-corrected chi connectivity index (χ4v) is 5.87. The molecule has 2 N–H and O–H groups in total. The summed E-state index contributed by atoms with van der Waals surface area (Å²) >= 11 is 0. The molecule has 2 aliphatic heterocycles. The van der Waals surface area contributed by atoms with Gasteiger partial charge in [0.05, 0.1) is 11.4 Å². The number of nitrogens with zero attached hydrogens (tertiary/aromatic N) is 4. The predicted octanol–water partition coefficient (Wildman–Crippen LogP) is 4.87. The monoisotopic (exact) mass is 580 g/mol. The number of fused-ring (bicyclic) bond motifs is 1. The zero-order chi connectivity index (χ0) is 30.2. The van der Waals surface area contributed by atoms with Gasteiger partial charge in [0.15, 0.2) is 0 Å². The van der Waals surface area contributed by atoms with Crippen LogP contribution in [0, 0.1) is 0 Å². The molecule has 1 atom stereocenters. The molecule has 5 rings (SSSR count). The van der Waals surface area contributed by atoms with E-state index < -0.39 is 6.17 Å². The molecule has 3 aromatic rings. The zero-order valence-electron chi connectivity index (χ0n) is 24.9. The van der Waals surface area contributed by atoms with E-state index in [1.165, 1.54) is 0 Å². The molecule has 2 heterocycles. The molecule has 0 saturated carbocycles. The van der Waals surface area contributed by atoms with E-state index in [2.05, 4.69) is 29.5 Å². The number of hydrogen-bond donors (Lipinski definition) is 2. The number of carbonyl (C=O) groups excluding carboxylic acids is 3. The van der Waals surface area contributed by atoms with Gasteiger partial charge < -0.3 is 20.4 Å². The summed E-state index contributed by atoms with van der Waals surface area (Å²) in [4.78, 5) is 49.3. The molecule has 9 nitrogen and oxygen atoms in total. The van der Waals surface area contributed by atoms with Crippen LogP contribution in [0.25, 0.3) is 0 Å². The van der Waals surface area contributed by atoms with Crippen LogP contribution in [-0.4, -0.2) is 72.7 Å². The third kappa shape index (κ3) is 6.94. The van der Waals surface area contributed by atoms with E-state index in [9.17, 15) is 14.4 Å². The molecule has 2 aliphatic rings. The number of benzodiazepines with no additional fused rings is 1.